The molecule has 1 aliphatic rings. The number of hydrogen-bond acceptors (Lipinski definition) is 2. The molecule has 1 aliphatic heterocycles. The fourth-order valence-electron chi connectivity index (χ4n) is 2.38. The average Bonchev–Trinajstić information content (AvgIpc) is 2.32. The van der Waals surface area contributed by atoms with Crippen LogP contribution in [0.1, 0.15) is 25.3 Å². The van der Waals surface area contributed by atoms with Crippen LogP contribution in [0.25, 0.3) is 0 Å². The molecule has 0 N–H and O–H groups in total. The molecule has 0 amide bonds. The number of halogens is 1. The molecule has 2 nitrogen and oxygen atoms in total. The van der Waals surface area contributed by atoms with E-state index in [1.165, 1.54) is 12.1 Å². The number of carbonyl (C=O) groups excluding carboxylic acids is 1. The van der Waals surface area contributed by atoms with Gasteiger partial charge in [0.25, 0.3) is 0 Å². The minimum atomic E-state index is -0.200. The molecule has 0 saturated carbocycles. The molecule has 0 aromatic heterocycles. The zero-order valence-corrected chi connectivity index (χ0v) is 10.2. The van der Waals surface area contributed by atoms with E-state index in [0.717, 1.165) is 38.0 Å². The van der Waals surface area contributed by atoms with Gasteiger partial charge in [-0.25, -0.2) is 4.39 Å². The lowest BCUT2D eigenvalue weighted by Gasteiger charge is -2.31. The molecule has 17 heavy (non-hydrogen) atoms. The van der Waals surface area contributed by atoms with Gasteiger partial charge in [0.05, 0.1) is 0 Å². The molecule has 1 unspecified atom stereocenters. The van der Waals surface area contributed by atoms with Crippen molar-refractivity contribution >= 4 is 5.78 Å². The average molecular weight is 235 g/mol. The van der Waals surface area contributed by atoms with E-state index >= 15 is 0 Å². The SMILES string of the molecule is CC(=O)C1CCCN(Cc2ccc(F)cc2)C1. The Hall–Kier alpha value is -1.22. The maximum absolute atomic E-state index is 12.8. The first-order valence-corrected chi connectivity index (χ1v) is 6.12. The molecule has 1 saturated heterocycles. The summed E-state index contributed by atoms with van der Waals surface area (Å²) in [6.45, 7) is 4.35. The normalized spacial score (nSPS) is 21.4. The highest BCUT2D eigenvalue weighted by Gasteiger charge is 2.22. The Kier molecular flexibility index (Phi) is 3.89. The van der Waals surface area contributed by atoms with Crippen LogP contribution >= 0.6 is 0 Å². The van der Waals surface area contributed by atoms with Gasteiger partial charge in [0.15, 0.2) is 0 Å². The Morgan fingerprint density at radius 1 is 1.41 bits per heavy atom. The van der Waals surface area contributed by atoms with Crippen LogP contribution < -0.4 is 0 Å². The molecule has 1 aromatic rings. The van der Waals surface area contributed by atoms with Crippen molar-refractivity contribution in [2.24, 2.45) is 5.92 Å². The van der Waals surface area contributed by atoms with E-state index in [-0.39, 0.29) is 17.5 Å². The molecule has 0 spiro atoms. The van der Waals surface area contributed by atoms with Gasteiger partial charge in [-0.1, -0.05) is 12.1 Å². The summed E-state index contributed by atoms with van der Waals surface area (Å²) in [6.07, 6.45) is 2.08. The first-order chi connectivity index (χ1) is 8.15. The third-order valence-corrected chi connectivity index (χ3v) is 3.40. The smallest absolute Gasteiger partial charge is 0.134 e. The quantitative estimate of drug-likeness (QED) is 0.802. The van der Waals surface area contributed by atoms with Crippen molar-refractivity contribution in [2.75, 3.05) is 13.1 Å². The van der Waals surface area contributed by atoms with E-state index in [2.05, 4.69) is 4.90 Å². The van der Waals surface area contributed by atoms with Crippen molar-refractivity contribution in [1.29, 1.82) is 0 Å². The lowest BCUT2D eigenvalue weighted by Crippen LogP contribution is -2.37. The van der Waals surface area contributed by atoms with Crippen molar-refractivity contribution < 1.29 is 9.18 Å². The van der Waals surface area contributed by atoms with Crippen LogP contribution in [0.3, 0.4) is 0 Å². The van der Waals surface area contributed by atoms with Crippen LogP contribution in [-0.2, 0) is 11.3 Å². The monoisotopic (exact) mass is 235 g/mol. The van der Waals surface area contributed by atoms with Gasteiger partial charge in [0.1, 0.15) is 11.6 Å². The summed E-state index contributed by atoms with van der Waals surface area (Å²) in [6, 6.07) is 6.60. The lowest BCUT2D eigenvalue weighted by molar-refractivity contribution is -0.122. The predicted molar refractivity (Wildman–Crippen MR) is 65.1 cm³/mol. The Bertz CT molecular complexity index is 388. The van der Waals surface area contributed by atoms with E-state index in [0.29, 0.717) is 0 Å². The van der Waals surface area contributed by atoms with Gasteiger partial charge in [-0.2, -0.15) is 0 Å². The van der Waals surface area contributed by atoms with Gasteiger partial charge in [0.2, 0.25) is 0 Å². The maximum atomic E-state index is 12.8. The van der Waals surface area contributed by atoms with E-state index in [1.807, 2.05) is 12.1 Å². The molecular weight excluding hydrogens is 217 g/mol. The van der Waals surface area contributed by atoms with E-state index in [9.17, 15) is 9.18 Å². The summed E-state index contributed by atoms with van der Waals surface area (Å²) in [4.78, 5) is 13.6. The van der Waals surface area contributed by atoms with Crippen LogP contribution in [0, 0.1) is 11.7 Å². The fraction of sp³-hybridized carbons (Fsp3) is 0.500. The summed E-state index contributed by atoms with van der Waals surface area (Å²) in [5.41, 5.74) is 1.11. The van der Waals surface area contributed by atoms with Gasteiger partial charge >= 0.3 is 0 Å². The van der Waals surface area contributed by atoms with Gasteiger partial charge in [-0.05, 0) is 44.0 Å². The maximum Gasteiger partial charge on any atom is 0.134 e. The van der Waals surface area contributed by atoms with Crippen molar-refractivity contribution in [2.45, 2.75) is 26.3 Å². The van der Waals surface area contributed by atoms with E-state index in [1.54, 1.807) is 6.92 Å². The molecule has 0 bridgehead atoms. The number of hydrogen-bond donors (Lipinski definition) is 0. The van der Waals surface area contributed by atoms with E-state index < -0.39 is 0 Å². The Balaban J connectivity index is 1.94. The van der Waals surface area contributed by atoms with Crippen LogP contribution in [0.2, 0.25) is 0 Å². The highest BCUT2D eigenvalue weighted by atomic mass is 19.1. The Morgan fingerprint density at radius 3 is 2.76 bits per heavy atom. The summed E-state index contributed by atoms with van der Waals surface area (Å²) < 4.78 is 12.8. The number of carbonyl (C=O) groups is 1. The molecule has 2 rings (SSSR count). The summed E-state index contributed by atoms with van der Waals surface area (Å²) in [5, 5.41) is 0. The van der Waals surface area contributed by atoms with Crippen LogP contribution in [0.5, 0.6) is 0 Å². The molecule has 0 aliphatic carbocycles. The third kappa shape index (κ3) is 3.37. The summed E-state index contributed by atoms with van der Waals surface area (Å²) in [7, 11) is 0. The molecule has 3 heteroatoms. The second-order valence-electron chi connectivity index (χ2n) is 4.81. The number of benzene rings is 1. The zero-order valence-electron chi connectivity index (χ0n) is 10.2. The van der Waals surface area contributed by atoms with Gasteiger partial charge in [0, 0.05) is 19.0 Å². The van der Waals surface area contributed by atoms with Crippen molar-refractivity contribution in [3.8, 4) is 0 Å². The number of likely N-dealkylation sites (tertiary alicyclic amines) is 1. The number of piperidine rings is 1. The van der Waals surface area contributed by atoms with Crippen molar-refractivity contribution in [1.82, 2.24) is 4.90 Å². The van der Waals surface area contributed by atoms with Crippen LogP contribution in [0.4, 0.5) is 4.39 Å². The topological polar surface area (TPSA) is 20.3 Å². The van der Waals surface area contributed by atoms with Crippen LogP contribution in [-0.4, -0.2) is 23.8 Å². The van der Waals surface area contributed by atoms with E-state index in [4.69, 9.17) is 0 Å². The minimum Gasteiger partial charge on any atom is -0.300 e. The number of rotatable bonds is 3. The fourth-order valence-corrected chi connectivity index (χ4v) is 2.38. The minimum absolute atomic E-state index is 0.184. The Labute approximate surface area is 101 Å². The zero-order chi connectivity index (χ0) is 12.3. The number of ketones is 1. The van der Waals surface area contributed by atoms with Crippen molar-refractivity contribution in [3.05, 3.63) is 35.6 Å². The first-order valence-electron chi connectivity index (χ1n) is 6.12. The Morgan fingerprint density at radius 2 is 2.12 bits per heavy atom. The highest BCUT2D eigenvalue weighted by Crippen LogP contribution is 2.19. The standard InChI is InChI=1S/C14H18FNO/c1-11(17)13-3-2-8-16(10-13)9-12-4-6-14(15)7-5-12/h4-7,13H,2-3,8-10H2,1H3. The summed E-state index contributed by atoms with van der Waals surface area (Å²) in [5.74, 6) is 0.270. The first kappa shape index (κ1) is 12.2. The van der Waals surface area contributed by atoms with Gasteiger partial charge < -0.3 is 0 Å². The second kappa shape index (κ2) is 5.41. The third-order valence-electron chi connectivity index (χ3n) is 3.40. The molecule has 1 aromatic carbocycles. The molecule has 0 radical (unpaired) electrons. The number of nitrogens with zero attached hydrogens (tertiary/aromatic N) is 1. The number of Topliss-reactive ketones (excluding diaryl/α,β-unsaturated/α-hetero) is 1. The predicted octanol–water partition coefficient (Wildman–Crippen LogP) is 2.63. The van der Waals surface area contributed by atoms with Crippen molar-refractivity contribution in [3.63, 3.8) is 0 Å². The lowest BCUT2D eigenvalue weighted by atomic mass is 9.94. The summed E-state index contributed by atoms with van der Waals surface area (Å²) >= 11 is 0. The van der Waals surface area contributed by atoms with Crippen LogP contribution in [0.15, 0.2) is 24.3 Å². The highest BCUT2D eigenvalue weighted by molar-refractivity contribution is 5.78. The second-order valence-corrected chi connectivity index (χ2v) is 4.81. The van der Waals surface area contributed by atoms with Gasteiger partial charge in [-0.15, -0.1) is 0 Å². The molecule has 1 heterocycles. The molecule has 92 valence electrons. The molecule has 1 fully saturated rings. The largest absolute Gasteiger partial charge is 0.300 e. The molecular formula is C14H18FNO. The molecule has 1 atom stereocenters. The van der Waals surface area contributed by atoms with Gasteiger partial charge in [-0.3, -0.25) is 9.69 Å².